The maximum Gasteiger partial charge on any atom is 0.243 e. The van der Waals surface area contributed by atoms with Gasteiger partial charge in [0.25, 0.3) is 0 Å². The molecule has 160 valence electrons. The molecule has 5 rings (SSSR count). The third-order valence-corrected chi connectivity index (χ3v) is 9.63. The number of carbonyl (C=O) groups is 1. The first-order valence-corrected chi connectivity index (χ1v) is 11.5. The number of allylic oxidation sites excluding steroid dienone is 3. The van der Waals surface area contributed by atoms with Crippen LogP contribution in [0.5, 0.6) is 5.75 Å². The van der Waals surface area contributed by atoms with Crippen LogP contribution in [-0.4, -0.2) is 24.5 Å². The minimum absolute atomic E-state index is 0.106. The monoisotopic (exact) mass is 406 g/mol. The van der Waals surface area contributed by atoms with Crippen LogP contribution in [0.3, 0.4) is 0 Å². The minimum atomic E-state index is 0.106. The molecule has 4 heteroatoms. The number of carbonyl (C=O) groups excluding carboxylic acids is 1. The van der Waals surface area contributed by atoms with Crippen LogP contribution in [0.1, 0.15) is 64.9 Å². The van der Waals surface area contributed by atoms with E-state index in [0.29, 0.717) is 11.8 Å². The molecule has 0 spiro atoms. The second-order valence-corrected chi connectivity index (χ2v) is 10.6. The Morgan fingerprint density at radius 3 is 2.77 bits per heavy atom. The van der Waals surface area contributed by atoms with Gasteiger partial charge in [0, 0.05) is 18.8 Å². The molecule has 4 nitrogen and oxygen atoms in total. The highest BCUT2D eigenvalue weighted by Gasteiger charge is 2.62. The zero-order chi connectivity index (χ0) is 21.1. The van der Waals surface area contributed by atoms with Crippen molar-refractivity contribution < 1.29 is 9.53 Å². The van der Waals surface area contributed by atoms with Gasteiger partial charge in [-0.25, -0.2) is 0 Å². The second kappa shape index (κ2) is 6.70. The third-order valence-electron chi connectivity index (χ3n) is 9.63. The maximum absolute atomic E-state index is 12.2. The zero-order valence-corrected chi connectivity index (χ0v) is 18.8. The molecule has 1 aliphatic heterocycles. The van der Waals surface area contributed by atoms with Crippen molar-refractivity contribution in [3.63, 3.8) is 0 Å². The molecule has 1 N–H and O–H groups in total. The lowest BCUT2D eigenvalue weighted by Gasteiger charge is -2.62. The smallest absolute Gasteiger partial charge is 0.243 e. The van der Waals surface area contributed by atoms with Crippen LogP contribution in [0.2, 0.25) is 0 Å². The van der Waals surface area contributed by atoms with E-state index in [1.807, 2.05) is 12.3 Å². The molecule has 1 amide bonds. The van der Waals surface area contributed by atoms with E-state index in [1.54, 1.807) is 13.3 Å². The first-order chi connectivity index (χ1) is 14.3. The van der Waals surface area contributed by atoms with E-state index in [2.05, 4.69) is 43.2 Å². The van der Waals surface area contributed by atoms with Gasteiger partial charge in [-0.15, -0.1) is 0 Å². The first kappa shape index (κ1) is 19.8. The van der Waals surface area contributed by atoms with Gasteiger partial charge in [-0.05, 0) is 83.8 Å². The van der Waals surface area contributed by atoms with E-state index < -0.39 is 0 Å². The Hall–Kier alpha value is -2.10. The maximum atomic E-state index is 12.2. The molecule has 0 unspecified atom stereocenters. The van der Waals surface area contributed by atoms with E-state index in [0.717, 1.165) is 31.6 Å². The van der Waals surface area contributed by atoms with Crippen molar-refractivity contribution in [1.29, 1.82) is 0 Å². The lowest BCUT2D eigenvalue weighted by Crippen LogP contribution is -2.54. The molecule has 1 aromatic rings. The Morgan fingerprint density at radius 2 is 1.97 bits per heavy atom. The van der Waals surface area contributed by atoms with E-state index in [1.165, 1.54) is 36.0 Å². The van der Waals surface area contributed by atoms with Crippen molar-refractivity contribution in [2.24, 2.45) is 28.1 Å². The van der Waals surface area contributed by atoms with Gasteiger partial charge in [-0.3, -0.25) is 9.78 Å². The van der Waals surface area contributed by atoms with Crippen molar-refractivity contribution >= 4 is 11.5 Å². The molecule has 5 atom stereocenters. The summed E-state index contributed by atoms with van der Waals surface area (Å²) in [5, 5.41) is 3.08. The standard InChI is InChI=1S/C26H34N2O2/c1-24-11-12-28-23(29)14-18(24)5-6-22-21(24)8-10-25(2)20(7-9-26(22,25)3)17-13-19(30-4)16-27-15-17/h7,13-16,21-22H,5-6,8-12H2,1-4H3,(H,28,29)/t21-,22+,24-,25+,26-/m0/s1. The van der Waals surface area contributed by atoms with Gasteiger partial charge < -0.3 is 10.1 Å². The van der Waals surface area contributed by atoms with Crippen LogP contribution >= 0.6 is 0 Å². The van der Waals surface area contributed by atoms with Gasteiger partial charge in [-0.1, -0.05) is 32.4 Å². The number of fused-ring (bicyclic) bond motifs is 5. The molecule has 0 radical (unpaired) electrons. The highest BCUT2D eigenvalue weighted by atomic mass is 16.5. The van der Waals surface area contributed by atoms with Crippen molar-refractivity contribution in [3.8, 4) is 5.75 Å². The summed E-state index contributed by atoms with van der Waals surface area (Å²) >= 11 is 0. The van der Waals surface area contributed by atoms with Gasteiger partial charge in [0.2, 0.25) is 5.91 Å². The number of pyridine rings is 1. The van der Waals surface area contributed by atoms with E-state index >= 15 is 0 Å². The van der Waals surface area contributed by atoms with Crippen LogP contribution in [0.4, 0.5) is 0 Å². The fraction of sp³-hybridized carbons (Fsp3) is 0.615. The Labute approximate surface area is 180 Å². The molecule has 2 fully saturated rings. The number of rotatable bonds is 2. The lowest BCUT2D eigenvalue weighted by molar-refractivity contribution is -0.116. The molecule has 2 heterocycles. The number of aromatic nitrogens is 1. The number of nitrogens with one attached hydrogen (secondary N) is 1. The van der Waals surface area contributed by atoms with Crippen molar-refractivity contribution in [3.05, 3.63) is 41.7 Å². The molecular weight excluding hydrogens is 372 g/mol. The van der Waals surface area contributed by atoms with Crippen LogP contribution in [0.25, 0.3) is 5.57 Å². The van der Waals surface area contributed by atoms with Crippen LogP contribution in [-0.2, 0) is 4.79 Å². The Morgan fingerprint density at radius 1 is 1.13 bits per heavy atom. The summed E-state index contributed by atoms with van der Waals surface area (Å²) in [6.07, 6.45) is 15.1. The predicted molar refractivity (Wildman–Crippen MR) is 119 cm³/mol. The van der Waals surface area contributed by atoms with E-state index in [9.17, 15) is 4.79 Å². The van der Waals surface area contributed by atoms with Gasteiger partial charge in [0.15, 0.2) is 0 Å². The van der Waals surface area contributed by atoms with E-state index in [4.69, 9.17) is 4.74 Å². The summed E-state index contributed by atoms with van der Waals surface area (Å²) in [6.45, 7) is 8.27. The number of ether oxygens (including phenoxy) is 1. The highest BCUT2D eigenvalue weighted by molar-refractivity contribution is 5.88. The quantitative estimate of drug-likeness (QED) is 0.738. The Bertz CT molecular complexity index is 950. The fourth-order valence-electron chi connectivity index (χ4n) is 7.61. The van der Waals surface area contributed by atoms with Gasteiger partial charge in [-0.2, -0.15) is 0 Å². The zero-order valence-electron chi connectivity index (χ0n) is 18.8. The molecule has 3 aliphatic carbocycles. The van der Waals surface area contributed by atoms with Crippen molar-refractivity contribution in [2.45, 2.75) is 59.3 Å². The van der Waals surface area contributed by atoms with E-state index in [-0.39, 0.29) is 22.2 Å². The summed E-state index contributed by atoms with van der Waals surface area (Å²) in [6, 6.07) is 2.15. The minimum Gasteiger partial charge on any atom is -0.495 e. The third kappa shape index (κ3) is 2.58. The average molecular weight is 407 g/mol. The number of hydrogen-bond donors (Lipinski definition) is 1. The van der Waals surface area contributed by atoms with Gasteiger partial charge in [0.05, 0.1) is 13.3 Å². The number of nitrogens with zero attached hydrogens (tertiary/aromatic N) is 1. The summed E-state index contributed by atoms with van der Waals surface area (Å²) < 4.78 is 5.46. The number of hydrogen-bond acceptors (Lipinski definition) is 3. The normalized spacial score (nSPS) is 40.2. The summed E-state index contributed by atoms with van der Waals surface area (Å²) in [5.41, 5.74) is 4.61. The van der Waals surface area contributed by atoms with Crippen molar-refractivity contribution in [1.82, 2.24) is 10.3 Å². The first-order valence-electron chi connectivity index (χ1n) is 11.5. The molecule has 2 saturated carbocycles. The summed E-state index contributed by atoms with van der Waals surface area (Å²) in [5.74, 6) is 2.27. The fourth-order valence-corrected chi connectivity index (χ4v) is 7.61. The molecule has 0 bridgehead atoms. The van der Waals surface area contributed by atoms with Crippen LogP contribution in [0.15, 0.2) is 36.2 Å². The van der Waals surface area contributed by atoms with Gasteiger partial charge >= 0.3 is 0 Å². The molecule has 4 aliphatic rings. The second-order valence-electron chi connectivity index (χ2n) is 10.6. The van der Waals surface area contributed by atoms with Crippen LogP contribution < -0.4 is 10.1 Å². The average Bonchev–Trinajstić information content (AvgIpc) is 2.91. The largest absolute Gasteiger partial charge is 0.495 e. The predicted octanol–water partition coefficient (Wildman–Crippen LogP) is 5.16. The lowest BCUT2D eigenvalue weighted by atomic mass is 9.42. The van der Waals surface area contributed by atoms with Crippen LogP contribution in [0, 0.1) is 28.1 Å². The van der Waals surface area contributed by atoms with Crippen molar-refractivity contribution in [2.75, 3.05) is 13.7 Å². The molecule has 0 aromatic carbocycles. The number of amides is 1. The molecular formula is C26H34N2O2. The molecule has 0 saturated heterocycles. The molecule has 30 heavy (non-hydrogen) atoms. The number of methoxy groups -OCH3 is 1. The molecule has 1 aromatic heterocycles. The Kier molecular flexibility index (Phi) is 4.43. The Balaban J connectivity index is 1.51. The van der Waals surface area contributed by atoms with Gasteiger partial charge in [0.1, 0.15) is 5.75 Å². The summed E-state index contributed by atoms with van der Waals surface area (Å²) in [7, 11) is 1.71. The highest BCUT2D eigenvalue weighted by Crippen LogP contribution is 2.71. The summed E-state index contributed by atoms with van der Waals surface area (Å²) in [4.78, 5) is 16.6. The SMILES string of the molecule is COc1cncc(C2=CC[C@@]3(C)[C@@H]4CCC5=CC(=O)NCC[C@]5(C)[C@H]4CC[C@]23C)c1. The topological polar surface area (TPSA) is 51.2 Å².